The summed E-state index contributed by atoms with van der Waals surface area (Å²) in [6, 6.07) is 89.3. The molecule has 13 aromatic rings. The van der Waals surface area contributed by atoms with Gasteiger partial charge in [0.1, 0.15) is 11.2 Å². The number of para-hydroxylation sites is 3. The molecule has 0 aliphatic rings. The van der Waals surface area contributed by atoms with Crippen LogP contribution in [-0.4, -0.2) is 17.2 Å². The lowest BCUT2D eigenvalue weighted by atomic mass is 9.98. The van der Waals surface area contributed by atoms with Crippen LogP contribution in [0.1, 0.15) is 0 Å². The van der Waals surface area contributed by atoms with Crippen molar-refractivity contribution in [3.05, 3.63) is 243 Å². The molecule has 0 unspecified atom stereocenters. The summed E-state index contributed by atoms with van der Waals surface area (Å²) in [6.45, 7) is 0. The summed E-state index contributed by atoms with van der Waals surface area (Å²) in [5.74, 6) is 0. The highest BCUT2D eigenvalue weighted by molar-refractivity contribution is 7.19. The van der Waals surface area contributed by atoms with Crippen LogP contribution in [0.3, 0.4) is 0 Å². The maximum Gasteiger partial charge on any atom is 0.179 e. The van der Waals surface area contributed by atoms with Gasteiger partial charge < -0.3 is 13.6 Å². The largest absolute Gasteiger partial charge is 0.456 e. The summed E-state index contributed by atoms with van der Waals surface area (Å²) in [4.78, 5) is 0. The van der Waals surface area contributed by atoms with Crippen LogP contribution in [-0.2, 0) is 0 Å². The standard InChI is InChI=1S/C60H40N2OSi/c1-4-19-44(20-5-1)64(45-21-6-2-7-22-45,46-23-8-3-9-24-46)47-25-16-18-42(39-47)61-54-30-13-10-26-49(54)53-40-43(35-37-56(53)61)62-55-31-14-11-28-52(55)60-48(29-17-32-57(60)62)41-34-36-51-50-27-12-15-33-58(50)63-59(51)38-41/h1-40H. The van der Waals surface area contributed by atoms with Gasteiger partial charge >= 0.3 is 0 Å². The van der Waals surface area contributed by atoms with E-state index < -0.39 is 8.07 Å². The van der Waals surface area contributed by atoms with E-state index in [4.69, 9.17) is 4.42 Å². The molecule has 13 rings (SSSR count). The topological polar surface area (TPSA) is 23.0 Å². The summed E-state index contributed by atoms with van der Waals surface area (Å²) in [6.07, 6.45) is 0. The molecule has 64 heavy (non-hydrogen) atoms. The molecule has 0 N–H and O–H groups in total. The van der Waals surface area contributed by atoms with Crippen molar-refractivity contribution in [1.82, 2.24) is 9.13 Å². The fraction of sp³-hybridized carbons (Fsp3) is 0. The Hall–Kier alpha value is -8.18. The minimum atomic E-state index is -2.75. The van der Waals surface area contributed by atoms with E-state index in [1.807, 2.05) is 12.1 Å². The van der Waals surface area contributed by atoms with Crippen molar-refractivity contribution in [1.29, 1.82) is 0 Å². The quantitative estimate of drug-likeness (QED) is 0.116. The second kappa shape index (κ2) is 14.5. The van der Waals surface area contributed by atoms with Crippen LogP contribution in [0.2, 0.25) is 0 Å². The van der Waals surface area contributed by atoms with E-state index in [9.17, 15) is 0 Å². The molecule has 0 spiro atoms. The predicted molar refractivity (Wildman–Crippen MR) is 271 cm³/mol. The summed E-state index contributed by atoms with van der Waals surface area (Å²) in [5, 5.41) is 12.6. The van der Waals surface area contributed by atoms with Crippen LogP contribution in [0.5, 0.6) is 0 Å². The fourth-order valence-electron chi connectivity index (χ4n) is 10.8. The molecule has 4 heteroatoms. The van der Waals surface area contributed by atoms with Gasteiger partial charge in [0.25, 0.3) is 0 Å². The number of fused-ring (bicyclic) bond motifs is 9. The molecular formula is C60H40N2OSi. The molecule has 3 nitrogen and oxygen atoms in total. The summed E-state index contributed by atoms with van der Waals surface area (Å²) < 4.78 is 11.3. The Kier molecular flexibility index (Phi) is 8.23. The van der Waals surface area contributed by atoms with Gasteiger partial charge in [-0.05, 0) is 98.6 Å². The first-order valence-corrected chi connectivity index (χ1v) is 24.0. The first kappa shape index (κ1) is 36.5. The van der Waals surface area contributed by atoms with E-state index in [-0.39, 0.29) is 0 Å². The molecule has 0 saturated carbocycles. The molecule has 0 amide bonds. The molecule has 0 bridgehead atoms. The third kappa shape index (κ3) is 5.39. The number of nitrogens with zero attached hydrogens (tertiary/aromatic N) is 2. The zero-order valence-electron chi connectivity index (χ0n) is 34.9. The minimum absolute atomic E-state index is 0.903. The highest BCUT2D eigenvalue weighted by Crippen LogP contribution is 2.41. The van der Waals surface area contributed by atoms with Gasteiger partial charge in [-0.1, -0.05) is 176 Å². The first-order chi connectivity index (χ1) is 31.8. The smallest absolute Gasteiger partial charge is 0.179 e. The maximum absolute atomic E-state index is 6.38. The Labute approximate surface area is 371 Å². The molecule has 0 aliphatic heterocycles. The summed E-state index contributed by atoms with van der Waals surface area (Å²) >= 11 is 0. The lowest BCUT2D eigenvalue weighted by Crippen LogP contribution is -2.74. The Morgan fingerprint density at radius 2 is 0.812 bits per heavy atom. The van der Waals surface area contributed by atoms with E-state index in [1.165, 1.54) is 69.9 Å². The Morgan fingerprint density at radius 1 is 0.297 bits per heavy atom. The Morgan fingerprint density at radius 3 is 1.53 bits per heavy atom. The average molecular weight is 833 g/mol. The van der Waals surface area contributed by atoms with Crippen molar-refractivity contribution in [2.75, 3.05) is 0 Å². The van der Waals surface area contributed by atoms with Crippen molar-refractivity contribution in [2.24, 2.45) is 0 Å². The number of aromatic nitrogens is 2. The summed E-state index contributed by atoms with van der Waals surface area (Å²) in [5.41, 5.74) is 11.1. The molecule has 0 fully saturated rings. The SMILES string of the molecule is c1ccc([Si](c2ccccc2)(c2ccccc2)c2cccc(-n3c4ccccc4c4cc(-n5c6ccccc6c6c(-c7ccc8c(c7)oc7ccccc78)cccc65)ccc43)c2)cc1. The number of rotatable bonds is 7. The lowest BCUT2D eigenvalue weighted by molar-refractivity contribution is 0.669. The molecule has 3 aromatic heterocycles. The van der Waals surface area contributed by atoms with Gasteiger partial charge in [0.15, 0.2) is 8.07 Å². The minimum Gasteiger partial charge on any atom is -0.456 e. The third-order valence-corrected chi connectivity index (χ3v) is 18.2. The predicted octanol–water partition coefficient (Wildman–Crippen LogP) is 12.8. The van der Waals surface area contributed by atoms with Gasteiger partial charge in [0, 0.05) is 43.7 Å². The second-order valence-electron chi connectivity index (χ2n) is 16.8. The van der Waals surface area contributed by atoms with Crippen molar-refractivity contribution in [2.45, 2.75) is 0 Å². The van der Waals surface area contributed by atoms with E-state index in [0.29, 0.717) is 0 Å². The van der Waals surface area contributed by atoms with Crippen molar-refractivity contribution >= 4 is 94.4 Å². The molecule has 10 aromatic carbocycles. The summed E-state index contributed by atoms with van der Waals surface area (Å²) in [7, 11) is -2.75. The van der Waals surface area contributed by atoms with Crippen molar-refractivity contribution in [3.8, 4) is 22.5 Å². The van der Waals surface area contributed by atoms with Gasteiger partial charge in [-0.3, -0.25) is 0 Å². The highest BCUT2D eigenvalue weighted by atomic mass is 28.3. The van der Waals surface area contributed by atoms with Crippen LogP contribution in [0.25, 0.3) is 88.1 Å². The third-order valence-electron chi connectivity index (χ3n) is 13.5. The maximum atomic E-state index is 6.38. The molecule has 0 saturated heterocycles. The van der Waals surface area contributed by atoms with Gasteiger partial charge in [0.2, 0.25) is 0 Å². The van der Waals surface area contributed by atoms with Crippen LogP contribution in [0.15, 0.2) is 247 Å². The zero-order valence-corrected chi connectivity index (χ0v) is 35.9. The van der Waals surface area contributed by atoms with Gasteiger partial charge in [-0.2, -0.15) is 0 Å². The lowest BCUT2D eigenvalue weighted by Gasteiger charge is -2.34. The fourth-order valence-corrected chi connectivity index (χ4v) is 15.5. The van der Waals surface area contributed by atoms with Crippen molar-refractivity contribution in [3.63, 3.8) is 0 Å². The van der Waals surface area contributed by atoms with E-state index in [0.717, 1.165) is 38.9 Å². The highest BCUT2D eigenvalue weighted by Gasteiger charge is 2.41. The normalized spacial score (nSPS) is 12.1. The number of hydrogen-bond donors (Lipinski definition) is 0. The number of furan rings is 1. The number of benzene rings is 10. The van der Waals surface area contributed by atoms with E-state index >= 15 is 0 Å². The first-order valence-electron chi connectivity index (χ1n) is 22.0. The molecule has 0 atom stereocenters. The van der Waals surface area contributed by atoms with Crippen LogP contribution < -0.4 is 20.7 Å². The van der Waals surface area contributed by atoms with E-state index in [2.05, 4.69) is 240 Å². The zero-order chi connectivity index (χ0) is 42.2. The van der Waals surface area contributed by atoms with Gasteiger partial charge in [-0.15, -0.1) is 0 Å². The number of hydrogen-bond acceptors (Lipinski definition) is 1. The van der Waals surface area contributed by atoms with Gasteiger partial charge in [0.05, 0.1) is 22.1 Å². The van der Waals surface area contributed by atoms with Crippen LogP contribution >= 0.6 is 0 Å². The Balaban J connectivity index is 1.01. The second-order valence-corrected chi connectivity index (χ2v) is 20.6. The average Bonchev–Trinajstić information content (AvgIpc) is 4.03. The molecule has 3 heterocycles. The monoisotopic (exact) mass is 832 g/mol. The van der Waals surface area contributed by atoms with Crippen molar-refractivity contribution < 1.29 is 4.42 Å². The van der Waals surface area contributed by atoms with Crippen LogP contribution in [0.4, 0.5) is 0 Å². The Bertz CT molecular complexity index is 3800. The molecule has 0 aliphatic carbocycles. The van der Waals surface area contributed by atoms with Gasteiger partial charge in [-0.25, -0.2) is 0 Å². The molecule has 0 radical (unpaired) electrons. The molecular weight excluding hydrogens is 793 g/mol. The van der Waals surface area contributed by atoms with E-state index in [1.54, 1.807) is 0 Å². The van der Waals surface area contributed by atoms with Crippen LogP contribution in [0, 0.1) is 0 Å². The molecule has 300 valence electrons.